The summed E-state index contributed by atoms with van der Waals surface area (Å²) in [5.74, 6) is -1.55. The van der Waals surface area contributed by atoms with E-state index in [1.807, 2.05) is 37.3 Å². The van der Waals surface area contributed by atoms with Gasteiger partial charge in [0.1, 0.15) is 11.4 Å². The highest BCUT2D eigenvalue weighted by atomic mass is 16.5. The molecule has 0 bridgehead atoms. The van der Waals surface area contributed by atoms with Gasteiger partial charge in [0.2, 0.25) is 11.8 Å². The maximum Gasteiger partial charge on any atom is 0.356 e. The molecule has 3 amide bonds. The number of benzene rings is 1. The highest BCUT2D eigenvalue weighted by Gasteiger charge is 2.37. The Morgan fingerprint density at radius 1 is 1.22 bits per heavy atom. The van der Waals surface area contributed by atoms with Gasteiger partial charge >= 0.3 is 5.97 Å². The van der Waals surface area contributed by atoms with Crippen LogP contribution in [0.5, 0.6) is 0 Å². The highest BCUT2D eigenvalue weighted by Crippen LogP contribution is 2.26. The predicted molar refractivity (Wildman–Crippen MR) is 137 cm³/mol. The van der Waals surface area contributed by atoms with Crippen LogP contribution < -0.4 is 5.32 Å². The molecule has 1 saturated heterocycles. The number of nitrogens with one attached hydrogen (secondary N) is 2. The lowest BCUT2D eigenvalue weighted by atomic mass is 10.0. The molecular weight excluding hydrogens is 472 g/mol. The van der Waals surface area contributed by atoms with E-state index in [1.165, 1.54) is 10.0 Å². The summed E-state index contributed by atoms with van der Waals surface area (Å²) in [5.41, 5.74) is 3.33. The number of hydrogen-bond acceptors (Lipinski definition) is 5. The summed E-state index contributed by atoms with van der Waals surface area (Å²) in [6, 6.07) is 9.60. The molecule has 4 rings (SSSR count). The zero-order valence-corrected chi connectivity index (χ0v) is 21.4. The number of aromatic nitrogens is 1. The second-order valence-electron chi connectivity index (χ2n) is 9.36. The van der Waals surface area contributed by atoms with E-state index in [9.17, 15) is 19.2 Å². The van der Waals surface area contributed by atoms with Crippen LogP contribution in [-0.4, -0.2) is 58.4 Å². The van der Waals surface area contributed by atoms with Crippen molar-refractivity contribution in [3.63, 3.8) is 0 Å². The molecule has 0 spiro atoms. The lowest BCUT2D eigenvalue weighted by Gasteiger charge is -2.37. The van der Waals surface area contributed by atoms with E-state index < -0.39 is 5.97 Å². The minimum absolute atomic E-state index is 0.00253. The van der Waals surface area contributed by atoms with Gasteiger partial charge < -0.3 is 15.0 Å². The molecule has 1 unspecified atom stereocenters. The van der Waals surface area contributed by atoms with Crippen LogP contribution in [-0.2, 0) is 32.0 Å². The summed E-state index contributed by atoms with van der Waals surface area (Å²) >= 11 is 0. The Labute approximate surface area is 216 Å². The normalized spacial score (nSPS) is 17.4. The van der Waals surface area contributed by atoms with E-state index in [-0.39, 0.29) is 48.9 Å². The summed E-state index contributed by atoms with van der Waals surface area (Å²) in [5, 5.41) is 5.37. The number of hydrazine groups is 1. The number of rotatable bonds is 10. The second-order valence-corrected chi connectivity index (χ2v) is 9.36. The third-order valence-electron chi connectivity index (χ3n) is 6.91. The van der Waals surface area contributed by atoms with Crippen molar-refractivity contribution in [1.82, 2.24) is 20.3 Å². The molecule has 1 fully saturated rings. The predicted octanol–water partition coefficient (Wildman–Crippen LogP) is 3.06. The minimum atomic E-state index is -0.673. The van der Waals surface area contributed by atoms with Gasteiger partial charge in [0, 0.05) is 31.6 Å². The van der Waals surface area contributed by atoms with Crippen molar-refractivity contribution >= 4 is 23.7 Å². The van der Waals surface area contributed by atoms with Gasteiger partial charge in [-0.15, -0.1) is 0 Å². The number of hydrogen-bond donors (Lipinski definition) is 2. The highest BCUT2D eigenvalue weighted by molar-refractivity contribution is 5.99. The quantitative estimate of drug-likeness (QED) is 0.380. The van der Waals surface area contributed by atoms with Crippen LogP contribution in [0, 0.1) is 12.8 Å². The molecule has 0 radical (unpaired) electrons. The molecular formula is C28H34N4O5. The van der Waals surface area contributed by atoms with Crippen LogP contribution in [0.4, 0.5) is 0 Å². The Bertz CT molecular complexity index is 1190. The average Bonchev–Trinajstić information content (AvgIpc) is 3.49. The van der Waals surface area contributed by atoms with Crippen LogP contribution in [0.25, 0.3) is 0 Å². The first-order valence-corrected chi connectivity index (χ1v) is 12.9. The van der Waals surface area contributed by atoms with Gasteiger partial charge in [-0.25, -0.2) is 14.8 Å². The first-order chi connectivity index (χ1) is 17.9. The fourth-order valence-electron chi connectivity index (χ4n) is 4.91. The summed E-state index contributed by atoms with van der Waals surface area (Å²) in [6.45, 7) is 4.65. The molecule has 3 heterocycles. The number of allylic oxidation sites excluding steroid dienone is 1. The third-order valence-corrected chi connectivity index (χ3v) is 6.91. The summed E-state index contributed by atoms with van der Waals surface area (Å²) in [7, 11) is 0. The number of esters is 1. The van der Waals surface area contributed by atoms with Crippen molar-refractivity contribution in [2.45, 2.75) is 52.4 Å². The van der Waals surface area contributed by atoms with Crippen molar-refractivity contribution in [1.29, 1.82) is 0 Å². The standard InChI is InChI=1S/C28H34N4O5/c1-3-37-28(36)23(11-7-10-21-14-16-29-26(21)34)32(24(33)13-12-20-8-5-4-6-9-20)31-17-15-22-19(2)18-30-25(22)27(31)35/h4-6,8-9,11,18,21,30H,3,7,10,12-17H2,1-2H3,(H,29,34)/b23-11-. The maximum absolute atomic E-state index is 13.7. The summed E-state index contributed by atoms with van der Waals surface area (Å²) < 4.78 is 5.32. The number of amides is 3. The van der Waals surface area contributed by atoms with E-state index in [4.69, 9.17) is 4.74 Å². The Morgan fingerprint density at radius 2 is 2.00 bits per heavy atom. The maximum atomic E-state index is 13.7. The fraction of sp³-hybridized carbons (Fsp3) is 0.429. The fourth-order valence-corrected chi connectivity index (χ4v) is 4.91. The van der Waals surface area contributed by atoms with Gasteiger partial charge in [-0.05, 0) is 62.6 Å². The topological polar surface area (TPSA) is 112 Å². The molecule has 9 nitrogen and oxygen atoms in total. The van der Waals surface area contributed by atoms with Crippen LogP contribution in [0.3, 0.4) is 0 Å². The van der Waals surface area contributed by atoms with E-state index in [2.05, 4.69) is 10.3 Å². The van der Waals surface area contributed by atoms with Gasteiger partial charge in [0.05, 0.1) is 6.61 Å². The Hall–Kier alpha value is -3.88. The number of ether oxygens (including phenoxy) is 1. The summed E-state index contributed by atoms with van der Waals surface area (Å²) in [6.07, 6.45) is 6.20. The molecule has 2 aromatic rings. The van der Waals surface area contributed by atoms with Crippen LogP contribution in [0.2, 0.25) is 0 Å². The van der Waals surface area contributed by atoms with Gasteiger partial charge in [-0.2, -0.15) is 0 Å². The van der Waals surface area contributed by atoms with Gasteiger partial charge in [-0.3, -0.25) is 14.4 Å². The van der Waals surface area contributed by atoms with E-state index in [1.54, 1.807) is 19.2 Å². The minimum Gasteiger partial charge on any atom is -0.461 e. The van der Waals surface area contributed by atoms with E-state index in [0.29, 0.717) is 37.9 Å². The largest absolute Gasteiger partial charge is 0.461 e. The second kappa shape index (κ2) is 11.9. The SMILES string of the molecule is CCOC(=O)/C(=C/CCC1CCNC1=O)N(C(=O)CCc1ccccc1)N1CCc2c(C)c[nH]c2C1=O. The molecule has 1 aromatic carbocycles. The first kappa shape index (κ1) is 26.2. The number of H-pyrrole nitrogens is 1. The lowest BCUT2D eigenvalue weighted by Crippen LogP contribution is -2.53. The number of carbonyl (C=O) groups excluding carboxylic acids is 4. The molecule has 2 aliphatic heterocycles. The average molecular weight is 507 g/mol. The van der Waals surface area contributed by atoms with Gasteiger partial charge in [0.25, 0.3) is 5.91 Å². The van der Waals surface area contributed by atoms with Crippen molar-refractivity contribution < 1.29 is 23.9 Å². The number of fused-ring (bicyclic) bond motifs is 1. The molecule has 1 aromatic heterocycles. The van der Waals surface area contributed by atoms with Crippen LogP contribution in [0.15, 0.2) is 48.3 Å². The van der Waals surface area contributed by atoms with Crippen molar-refractivity contribution in [2.75, 3.05) is 19.7 Å². The summed E-state index contributed by atoms with van der Waals surface area (Å²) in [4.78, 5) is 55.4. The molecule has 0 aliphatic carbocycles. The molecule has 0 saturated carbocycles. The number of aromatic amines is 1. The number of carbonyl (C=O) groups is 4. The number of aryl methyl sites for hydroxylation is 2. The zero-order valence-electron chi connectivity index (χ0n) is 21.4. The molecule has 196 valence electrons. The molecule has 9 heteroatoms. The third kappa shape index (κ3) is 5.93. The molecule has 2 N–H and O–H groups in total. The monoisotopic (exact) mass is 506 g/mol. The number of nitrogens with zero attached hydrogens (tertiary/aromatic N) is 2. The lowest BCUT2D eigenvalue weighted by molar-refractivity contribution is -0.151. The first-order valence-electron chi connectivity index (χ1n) is 12.9. The van der Waals surface area contributed by atoms with Gasteiger partial charge in [0.15, 0.2) is 0 Å². The Kier molecular flexibility index (Phi) is 8.43. The van der Waals surface area contributed by atoms with Crippen molar-refractivity contribution in [3.05, 3.63) is 70.7 Å². The zero-order chi connectivity index (χ0) is 26.4. The Morgan fingerprint density at radius 3 is 2.70 bits per heavy atom. The molecule has 1 atom stereocenters. The molecule has 2 aliphatic rings. The van der Waals surface area contributed by atoms with Crippen LogP contribution in [0.1, 0.15) is 59.8 Å². The van der Waals surface area contributed by atoms with Gasteiger partial charge in [-0.1, -0.05) is 36.4 Å². The van der Waals surface area contributed by atoms with Crippen molar-refractivity contribution in [2.24, 2.45) is 5.92 Å². The Balaban J connectivity index is 1.64. The molecule has 37 heavy (non-hydrogen) atoms. The van der Waals surface area contributed by atoms with Crippen LogP contribution >= 0.6 is 0 Å². The van der Waals surface area contributed by atoms with Crippen molar-refractivity contribution in [3.8, 4) is 0 Å². The van der Waals surface area contributed by atoms with E-state index >= 15 is 0 Å². The smallest absolute Gasteiger partial charge is 0.356 e. The van der Waals surface area contributed by atoms with E-state index in [0.717, 1.165) is 23.1 Å².